The third-order valence-corrected chi connectivity index (χ3v) is 3.78. The van der Waals surface area contributed by atoms with Crippen LogP contribution in [0.2, 0.25) is 0 Å². The number of hydrogen-bond donors (Lipinski definition) is 0. The number of ether oxygens (including phenoxy) is 2. The van der Waals surface area contributed by atoms with Crippen molar-refractivity contribution < 1.29 is 14.3 Å². The molecule has 3 rings (SSSR count). The minimum Gasteiger partial charge on any atom is -0.473 e. The van der Waals surface area contributed by atoms with E-state index in [0.717, 1.165) is 23.6 Å². The van der Waals surface area contributed by atoms with Gasteiger partial charge in [0.25, 0.3) is 0 Å². The van der Waals surface area contributed by atoms with Gasteiger partial charge in [0.15, 0.2) is 0 Å². The molecule has 1 amide bonds. The lowest BCUT2D eigenvalue weighted by Gasteiger charge is -2.31. The molecule has 2 aromatic rings. The largest absolute Gasteiger partial charge is 0.473 e. The maximum Gasteiger partial charge on any atom is 0.409 e. The molecule has 0 bridgehead atoms. The summed E-state index contributed by atoms with van der Waals surface area (Å²) in [5, 5.41) is 10.1. The molecule has 1 aliphatic rings. The Labute approximate surface area is 129 Å². The quantitative estimate of drug-likeness (QED) is 0.872. The Kier molecular flexibility index (Phi) is 4.37. The number of carbonyl (C=O) groups excluding carboxylic acids is 1. The molecule has 1 saturated heterocycles. The maximum absolute atomic E-state index is 11.7. The van der Waals surface area contributed by atoms with Crippen LogP contribution in [0.1, 0.15) is 19.8 Å². The van der Waals surface area contributed by atoms with Gasteiger partial charge in [0.2, 0.25) is 5.88 Å². The third-order valence-electron chi connectivity index (χ3n) is 3.78. The highest BCUT2D eigenvalue weighted by molar-refractivity contribution is 5.85. The standard InChI is InChI=1S/C16H19N3O3/c1-2-21-16(20)19-9-7-13(8-10-19)22-15-14-6-4-3-5-12(14)11-17-18-15/h3-6,11,13H,2,7-10H2,1H3. The van der Waals surface area contributed by atoms with Crippen LogP contribution in [-0.4, -0.2) is 47.0 Å². The van der Waals surface area contributed by atoms with E-state index in [2.05, 4.69) is 10.2 Å². The zero-order valence-corrected chi connectivity index (χ0v) is 12.6. The van der Waals surface area contributed by atoms with Gasteiger partial charge in [0.05, 0.1) is 12.8 Å². The number of nitrogens with zero attached hydrogens (tertiary/aromatic N) is 3. The van der Waals surface area contributed by atoms with Crippen molar-refractivity contribution in [2.75, 3.05) is 19.7 Å². The molecule has 0 aliphatic carbocycles. The minimum atomic E-state index is -0.245. The van der Waals surface area contributed by atoms with Crippen LogP contribution in [0.4, 0.5) is 4.79 Å². The number of aromatic nitrogens is 2. The first-order valence-electron chi connectivity index (χ1n) is 7.56. The van der Waals surface area contributed by atoms with Crippen molar-refractivity contribution in [3.63, 3.8) is 0 Å². The first-order valence-corrected chi connectivity index (χ1v) is 7.56. The summed E-state index contributed by atoms with van der Waals surface area (Å²) >= 11 is 0. The molecule has 0 N–H and O–H groups in total. The number of hydrogen-bond acceptors (Lipinski definition) is 5. The fourth-order valence-electron chi connectivity index (χ4n) is 2.62. The monoisotopic (exact) mass is 301 g/mol. The summed E-state index contributed by atoms with van der Waals surface area (Å²) in [7, 11) is 0. The Morgan fingerprint density at radius 1 is 1.32 bits per heavy atom. The van der Waals surface area contributed by atoms with E-state index in [4.69, 9.17) is 9.47 Å². The highest BCUT2D eigenvalue weighted by Crippen LogP contribution is 2.24. The van der Waals surface area contributed by atoms with Gasteiger partial charge in [-0.1, -0.05) is 18.2 Å². The van der Waals surface area contributed by atoms with Crippen LogP contribution in [-0.2, 0) is 4.74 Å². The molecular formula is C16H19N3O3. The topological polar surface area (TPSA) is 64.5 Å². The van der Waals surface area contributed by atoms with Crippen molar-refractivity contribution in [1.82, 2.24) is 15.1 Å². The molecular weight excluding hydrogens is 282 g/mol. The predicted octanol–water partition coefficient (Wildman–Crippen LogP) is 2.63. The average Bonchev–Trinajstić information content (AvgIpc) is 2.56. The summed E-state index contributed by atoms with van der Waals surface area (Å²) in [6.07, 6.45) is 3.07. The van der Waals surface area contributed by atoms with E-state index in [1.165, 1.54) is 0 Å². The number of benzene rings is 1. The molecule has 0 spiro atoms. The van der Waals surface area contributed by atoms with E-state index in [9.17, 15) is 4.79 Å². The van der Waals surface area contributed by atoms with E-state index in [1.54, 1.807) is 11.1 Å². The van der Waals surface area contributed by atoms with E-state index in [1.807, 2.05) is 31.2 Å². The average molecular weight is 301 g/mol. The van der Waals surface area contributed by atoms with E-state index >= 15 is 0 Å². The molecule has 6 heteroatoms. The van der Waals surface area contributed by atoms with Gasteiger partial charge in [-0.25, -0.2) is 4.79 Å². The highest BCUT2D eigenvalue weighted by atomic mass is 16.6. The number of piperidine rings is 1. The van der Waals surface area contributed by atoms with Crippen LogP contribution in [0.15, 0.2) is 30.5 Å². The number of rotatable bonds is 3. The van der Waals surface area contributed by atoms with Gasteiger partial charge in [0, 0.05) is 36.7 Å². The van der Waals surface area contributed by atoms with Gasteiger partial charge in [-0.3, -0.25) is 0 Å². The van der Waals surface area contributed by atoms with Gasteiger partial charge in [-0.2, -0.15) is 5.10 Å². The molecule has 0 saturated carbocycles. The van der Waals surface area contributed by atoms with Crippen molar-refractivity contribution in [2.24, 2.45) is 0 Å². The molecule has 22 heavy (non-hydrogen) atoms. The summed E-state index contributed by atoms with van der Waals surface area (Å²) in [4.78, 5) is 13.4. The van der Waals surface area contributed by atoms with E-state index < -0.39 is 0 Å². The van der Waals surface area contributed by atoms with Gasteiger partial charge >= 0.3 is 6.09 Å². The first kappa shape index (κ1) is 14.6. The zero-order valence-electron chi connectivity index (χ0n) is 12.6. The number of amides is 1. The first-order chi connectivity index (χ1) is 10.8. The number of carbonyl (C=O) groups is 1. The fraction of sp³-hybridized carbons (Fsp3) is 0.438. The van der Waals surface area contributed by atoms with Crippen molar-refractivity contribution in [3.8, 4) is 5.88 Å². The van der Waals surface area contributed by atoms with Crippen LogP contribution in [0.5, 0.6) is 5.88 Å². The Hall–Kier alpha value is -2.37. The zero-order chi connectivity index (χ0) is 15.4. The Bertz CT molecular complexity index is 649. The van der Waals surface area contributed by atoms with E-state index in [-0.39, 0.29) is 12.2 Å². The van der Waals surface area contributed by atoms with Crippen molar-refractivity contribution in [1.29, 1.82) is 0 Å². The lowest BCUT2D eigenvalue weighted by Crippen LogP contribution is -2.42. The second-order valence-corrected chi connectivity index (χ2v) is 5.24. The van der Waals surface area contributed by atoms with Gasteiger partial charge in [-0.15, -0.1) is 5.10 Å². The summed E-state index contributed by atoms with van der Waals surface area (Å²) in [6.45, 7) is 3.50. The molecule has 1 aromatic carbocycles. The molecule has 0 unspecified atom stereocenters. The molecule has 0 atom stereocenters. The fourth-order valence-corrected chi connectivity index (χ4v) is 2.62. The molecule has 116 valence electrons. The number of fused-ring (bicyclic) bond motifs is 1. The normalized spacial score (nSPS) is 15.8. The van der Waals surface area contributed by atoms with E-state index in [0.29, 0.717) is 25.6 Å². The molecule has 1 fully saturated rings. The van der Waals surface area contributed by atoms with Crippen LogP contribution in [0.25, 0.3) is 10.8 Å². The lowest BCUT2D eigenvalue weighted by molar-refractivity contribution is 0.0690. The molecule has 0 radical (unpaired) electrons. The van der Waals surface area contributed by atoms with Crippen molar-refractivity contribution >= 4 is 16.9 Å². The SMILES string of the molecule is CCOC(=O)N1CCC(Oc2nncc3ccccc23)CC1. The molecule has 1 aliphatic heterocycles. The Morgan fingerprint density at radius 3 is 2.86 bits per heavy atom. The minimum absolute atomic E-state index is 0.0470. The van der Waals surface area contributed by atoms with Gasteiger partial charge in [0.1, 0.15) is 6.10 Å². The van der Waals surface area contributed by atoms with Crippen LogP contribution >= 0.6 is 0 Å². The summed E-state index contributed by atoms with van der Waals surface area (Å²) in [5.74, 6) is 0.563. The second kappa shape index (κ2) is 6.60. The summed E-state index contributed by atoms with van der Waals surface area (Å²) < 4.78 is 11.0. The highest BCUT2D eigenvalue weighted by Gasteiger charge is 2.25. The Balaban J connectivity index is 1.64. The van der Waals surface area contributed by atoms with Crippen LogP contribution in [0.3, 0.4) is 0 Å². The molecule has 1 aromatic heterocycles. The molecule has 2 heterocycles. The number of likely N-dealkylation sites (tertiary alicyclic amines) is 1. The van der Waals surface area contributed by atoms with Crippen molar-refractivity contribution in [3.05, 3.63) is 30.5 Å². The Morgan fingerprint density at radius 2 is 2.09 bits per heavy atom. The second-order valence-electron chi connectivity index (χ2n) is 5.24. The van der Waals surface area contributed by atoms with Crippen LogP contribution < -0.4 is 4.74 Å². The molecule has 6 nitrogen and oxygen atoms in total. The van der Waals surface area contributed by atoms with Crippen LogP contribution in [0, 0.1) is 0 Å². The predicted molar refractivity (Wildman–Crippen MR) is 81.8 cm³/mol. The summed E-state index contributed by atoms with van der Waals surface area (Å²) in [5.41, 5.74) is 0. The lowest BCUT2D eigenvalue weighted by atomic mass is 10.1. The van der Waals surface area contributed by atoms with Gasteiger partial charge in [-0.05, 0) is 13.0 Å². The third kappa shape index (κ3) is 3.10. The maximum atomic E-state index is 11.7. The van der Waals surface area contributed by atoms with Crippen molar-refractivity contribution in [2.45, 2.75) is 25.9 Å². The van der Waals surface area contributed by atoms with Gasteiger partial charge < -0.3 is 14.4 Å². The smallest absolute Gasteiger partial charge is 0.409 e. The summed E-state index contributed by atoms with van der Waals surface area (Å²) in [6, 6.07) is 7.89.